The third kappa shape index (κ3) is 17.6. The number of imide groups is 2. The first-order valence-corrected chi connectivity index (χ1v) is 29.3. The molecular weight excluding hydrogens is 1110 g/mol. The van der Waals surface area contributed by atoms with Crippen molar-refractivity contribution in [1.29, 1.82) is 0 Å². The number of Topliss-reactive ketones (excluding diaryl/α,β-unsaturated/α-hetero) is 1. The van der Waals surface area contributed by atoms with Crippen LogP contribution in [-0.4, -0.2) is 172 Å². The molecule has 24 heteroatoms. The largest absolute Gasteiger partial charge is 0.383 e. The van der Waals surface area contributed by atoms with E-state index in [1.54, 1.807) is 48.5 Å². The van der Waals surface area contributed by atoms with Crippen molar-refractivity contribution in [3.63, 3.8) is 0 Å². The molecule has 84 heavy (non-hydrogen) atoms. The number of halogens is 1. The van der Waals surface area contributed by atoms with Crippen LogP contribution >= 0.6 is 0 Å². The van der Waals surface area contributed by atoms with E-state index in [4.69, 9.17) is 43.6 Å². The van der Waals surface area contributed by atoms with Crippen LogP contribution < -0.4 is 21.1 Å². The first-order chi connectivity index (χ1) is 40.8. The number of hydrogen-bond donors (Lipinski definition) is 4. The Balaban J connectivity index is 0.573. The first kappa shape index (κ1) is 62.7. The van der Waals surface area contributed by atoms with Gasteiger partial charge in [-0.3, -0.25) is 43.7 Å². The van der Waals surface area contributed by atoms with Crippen LogP contribution in [0.3, 0.4) is 0 Å². The highest BCUT2D eigenvalue weighted by Gasteiger charge is 2.45. The minimum absolute atomic E-state index is 0.0541. The van der Waals surface area contributed by atoms with Crippen molar-refractivity contribution in [3.8, 4) is 22.3 Å². The lowest BCUT2D eigenvalue weighted by Gasteiger charge is -2.27. The van der Waals surface area contributed by atoms with Crippen LogP contribution in [0.4, 0.5) is 15.9 Å². The Kier molecular flexibility index (Phi) is 23.5. The summed E-state index contributed by atoms with van der Waals surface area (Å²) in [4.78, 5) is 80.0. The highest BCUT2D eigenvalue weighted by atomic mass is 32.2. The number of fused-ring (bicyclic) bond motifs is 2. The van der Waals surface area contributed by atoms with Crippen molar-refractivity contribution in [1.82, 2.24) is 20.5 Å². The number of pyridine rings is 1. The fraction of sp³-hybridized carbons (Fsp3) is 0.417. The Morgan fingerprint density at radius 1 is 0.655 bits per heavy atom. The Bertz CT molecular complexity index is 3240. The van der Waals surface area contributed by atoms with Gasteiger partial charge in [-0.05, 0) is 90.4 Å². The van der Waals surface area contributed by atoms with E-state index < -0.39 is 45.5 Å². The van der Waals surface area contributed by atoms with Gasteiger partial charge >= 0.3 is 0 Å². The zero-order valence-electron chi connectivity index (χ0n) is 46.5. The standard InChI is InChI=1S/C60H69FN6O16S/c61-52-38-47(11-13-48(52)44-37-51(56(62)64-39-44)42-8-12-49-43(36-42)16-18-63-57(49)70)84(74,75)66-45-9-6-40(7-10-45)35-46(68)17-20-77-22-24-79-26-28-81-30-32-83-34-33-82-31-29-80-27-25-78-23-21-76-19-2-4-41-3-1-5-50-55(41)60(73)67(59(50)72)53-14-15-54(69)65-58(53)71/h1,3,5-13,36-39,53,66H,2,4,14-35H2,(H2,62,64)(H,63,70)(H,65,69,71). The zero-order valence-corrected chi connectivity index (χ0v) is 47.3. The average Bonchev–Trinajstić information content (AvgIpc) is 2.38. The van der Waals surface area contributed by atoms with Crippen molar-refractivity contribution >= 4 is 56.8 Å². The second-order valence-electron chi connectivity index (χ2n) is 19.7. The number of sulfonamides is 1. The molecule has 3 aliphatic heterocycles. The van der Waals surface area contributed by atoms with E-state index in [9.17, 15) is 37.2 Å². The van der Waals surface area contributed by atoms with Crippen LogP contribution in [0.25, 0.3) is 22.3 Å². The van der Waals surface area contributed by atoms with Gasteiger partial charge in [-0.25, -0.2) is 17.8 Å². The normalized spacial score (nSPS) is 15.0. The number of aromatic nitrogens is 1. The number of carbonyl (C=O) groups is 6. The summed E-state index contributed by atoms with van der Waals surface area (Å²) in [6.45, 7) is 6.58. The molecule has 1 atom stereocenters. The van der Waals surface area contributed by atoms with E-state index in [1.807, 2.05) is 6.07 Å². The number of aryl methyl sites for hydroxylation is 1. The van der Waals surface area contributed by atoms with Crippen molar-refractivity contribution in [2.75, 3.05) is 123 Å². The van der Waals surface area contributed by atoms with Gasteiger partial charge in [0.05, 0.1) is 115 Å². The number of nitrogens with two attached hydrogens (primary N) is 1. The quantitative estimate of drug-likeness (QED) is 0.0307. The summed E-state index contributed by atoms with van der Waals surface area (Å²) in [6, 6.07) is 21.1. The van der Waals surface area contributed by atoms with Gasteiger partial charge in [-0.15, -0.1) is 0 Å². The second kappa shape index (κ2) is 31.5. The Hall–Kier alpha value is -7.39. The molecule has 4 heterocycles. The summed E-state index contributed by atoms with van der Waals surface area (Å²) in [7, 11) is -4.18. The number of anilines is 2. The predicted octanol–water partition coefficient (Wildman–Crippen LogP) is 4.89. The lowest BCUT2D eigenvalue weighted by molar-refractivity contribution is -0.136. The van der Waals surface area contributed by atoms with Crippen molar-refractivity contribution < 1.29 is 79.5 Å². The third-order valence-electron chi connectivity index (χ3n) is 13.8. The van der Waals surface area contributed by atoms with E-state index in [2.05, 4.69) is 20.3 Å². The van der Waals surface area contributed by atoms with Crippen molar-refractivity contribution in [3.05, 3.63) is 130 Å². The molecule has 1 aromatic heterocycles. The van der Waals surface area contributed by atoms with Crippen LogP contribution in [0.5, 0.6) is 0 Å². The summed E-state index contributed by atoms with van der Waals surface area (Å²) >= 11 is 0. The average molecular weight is 1180 g/mol. The molecular formula is C60H69FN6O16S. The second-order valence-corrected chi connectivity index (χ2v) is 21.4. The van der Waals surface area contributed by atoms with Gasteiger partial charge in [0.2, 0.25) is 11.8 Å². The van der Waals surface area contributed by atoms with Crippen molar-refractivity contribution in [2.24, 2.45) is 0 Å². The molecule has 0 aliphatic carbocycles. The molecule has 0 radical (unpaired) electrons. The number of ketones is 1. The van der Waals surface area contributed by atoms with Crippen LogP contribution in [0.15, 0.2) is 96.0 Å². The number of nitrogens with zero attached hydrogens (tertiary/aromatic N) is 2. The monoisotopic (exact) mass is 1180 g/mol. The van der Waals surface area contributed by atoms with Crippen LogP contribution in [0.1, 0.15) is 73.4 Å². The molecule has 1 unspecified atom stereocenters. The van der Waals surface area contributed by atoms with E-state index >= 15 is 4.39 Å². The van der Waals surface area contributed by atoms with E-state index in [1.165, 1.54) is 30.5 Å². The lowest BCUT2D eigenvalue weighted by Crippen LogP contribution is -2.54. The Labute approximate surface area is 486 Å². The fourth-order valence-corrected chi connectivity index (χ4v) is 10.6. The zero-order chi connectivity index (χ0) is 59.3. The van der Waals surface area contributed by atoms with Crippen LogP contribution in [0, 0.1) is 5.82 Å². The highest BCUT2D eigenvalue weighted by molar-refractivity contribution is 7.92. The van der Waals surface area contributed by atoms with E-state index in [0.29, 0.717) is 158 Å². The Morgan fingerprint density at radius 3 is 1.88 bits per heavy atom. The molecule has 5 amide bonds. The van der Waals surface area contributed by atoms with Gasteiger partial charge in [0.25, 0.3) is 27.7 Å². The molecule has 448 valence electrons. The number of piperidine rings is 1. The number of hydrogen-bond acceptors (Lipinski definition) is 18. The summed E-state index contributed by atoms with van der Waals surface area (Å²) in [5.74, 6) is -2.85. The summed E-state index contributed by atoms with van der Waals surface area (Å²) < 4.78 is 89.0. The number of carbonyl (C=O) groups excluding carboxylic acids is 6. The molecule has 0 bridgehead atoms. The van der Waals surface area contributed by atoms with Crippen molar-refractivity contribution in [2.45, 2.75) is 55.9 Å². The van der Waals surface area contributed by atoms with E-state index in [0.717, 1.165) is 22.1 Å². The molecule has 1 fully saturated rings. The number of ether oxygens (including phenoxy) is 8. The lowest BCUT2D eigenvalue weighted by atomic mass is 9.94. The number of benzene rings is 4. The topological polar surface area (TPSA) is 289 Å². The third-order valence-corrected chi connectivity index (χ3v) is 15.2. The number of nitrogen functional groups attached to an aromatic ring is 1. The maximum atomic E-state index is 15.6. The van der Waals surface area contributed by atoms with Gasteiger partial charge in [0, 0.05) is 66.6 Å². The molecule has 22 nitrogen and oxygen atoms in total. The van der Waals surface area contributed by atoms with Gasteiger partial charge in [0.1, 0.15) is 23.5 Å². The SMILES string of the molecule is Nc1ncc(-c2ccc(S(=O)(=O)Nc3ccc(CC(=O)CCOCCOCCOCCOCCOCCOCCOCCOCCCc4cccc5c4C(=O)N(C4CCC(=O)NC4=O)C5=O)cc3)cc2F)cc1-c1ccc2c(c1)CCNC2=O. The minimum Gasteiger partial charge on any atom is -0.383 e. The molecule has 3 aliphatic rings. The summed E-state index contributed by atoms with van der Waals surface area (Å²) in [6.07, 6.45) is 3.69. The molecule has 0 spiro atoms. The molecule has 5 aromatic rings. The molecule has 8 rings (SSSR count). The highest BCUT2D eigenvalue weighted by Crippen LogP contribution is 2.34. The first-order valence-electron chi connectivity index (χ1n) is 27.8. The van der Waals surface area contributed by atoms with Crippen LogP contribution in [-0.2, 0) is 81.6 Å². The van der Waals surface area contributed by atoms with Gasteiger partial charge < -0.3 is 48.9 Å². The van der Waals surface area contributed by atoms with Gasteiger partial charge in [-0.2, -0.15) is 0 Å². The number of nitrogens with one attached hydrogen (secondary N) is 3. The number of rotatable bonds is 36. The fourth-order valence-electron chi connectivity index (χ4n) is 9.55. The number of amides is 5. The maximum absolute atomic E-state index is 15.6. The summed E-state index contributed by atoms with van der Waals surface area (Å²) in [5, 5.41) is 5.02. The summed E-state index contributed by atoms with van der Waals surface area (Å²) in [5.41, 5.74) is 11.7. The van der Waals surface area contributed by atoms with E-state index in [-0.39, 0.29) is 71.5 Å². The minimum atomic E-state index is -4.18. The van der Waals surface area contributed by atoms with Crippen LogP contribution in [0.2, 0.25) is 0 Å². The smallest absolute Gasteiger partial charge is 0.262 e. The maximum Gasteiger partial charge on any atom is 0.262 e. The molecule has 1 saturated heterocycles. The Morgan fingerprint density at radius 2 is 1.26 bits per heavy atom. The molecule has 4 aromatic carbocycles. The molecule has 0 saturated carbocycles. The predicted molar refractivity (Wildman–Crippen MR) is 304 cm³/mol. The van der Waals surface area contributed by atoms with Gasteiger partial charge in [-0.1, -0.05) is 42.5 Å². The molecule has 5 N–H and O–H groups in total. The van der Waals surface area contributed by atoms with Gasteiger partial charge in [0.15, 0.2) is 0 Å².